The molecule has 0 unspecified atom stereocenters. The van der Waals surface area contributed by atoms with E-state index in [2.05, 4.69) is 5.32 Å². The van der Waals surface area contributed by atoms with Crippen molar-refractivity contribution in [1.82, 2.24) is 0 Å². The topological polar surface area (TPSA) is 75.7 Å². The van der Waals surface area contributed by atoms with E-state index in [1.165, 1.54) is 4.31 Å². The van der Waals surface area contributed by atoms with Crippen molar-refractivity contribution in [1.29, 1.82) is 0 Å². The first-order valence-corrected chi connectivity index (χ1v) is 11.5. The molecule has 1 heterocycles. The summed E-state index contributed by atoms with van der Waals surface area (Å²) in [5.41, 5.74) is 2.62. The van der Waals surface area contributed by atoms with E-state index in [1.807, 2.05) is 24.3 Å². The van der Waals surface area contributed by atoms with E-state index in [1.54, 1.807) is 67.8 Å². The van der Waals surface area contributed by atoms with E-state index >= 15 is 0 Å². The molecule has 5 rings (SSSR count). The van der Waals surface area contributed by atoms with Crippen LogP contribution in [0.1, 0.15) is 15.9 Å². The van der Waals surface area contributed by atoms with Crippen LogP contribution in [0.5, 0.6) is 5.75 Å². The van der Waals surface area contributed by atoms with Crippen LogP contribution >= 0.6 is 0 Å². The molecule has 1 N–H and O–H groups in total. The van der Waals surface area contributed by atoms with Gasteiger partial charge < -0.3 is 10.1 Å². The van der Waals surface area contributed by atoms with Crippen LogP contribution in [0.15, 0.2) is 89.8 Å². The van der Waals surface area contributed by atoms with Gasteiger partial charge in [-0.1, -0.05) is 36.4 Å². The van der Waals surface area contributed by atoms with Crippen molar-refractivity contribution in [3.05, 3.63) is 96.1 Å². The van der Waals surface area contributed by atoms with Gasteiger partial charge in [0.15, 0.2) is 0 Å². The molecule has 0 aliphatic carbocycles. The van der Waals surface area contributed by atoms with Crippen LogP contribution in [0.2, 0.25) is 0 Å². The third-order valence-electron chi connectivity index (χ3n) is 5.57. The third kappa shape index (κ3) is 3.36. The summed E-state index contributed by atoms with van der Waals surface area (Å²) >= 11 is 0. The van der Waals surface area contributed by atoms with Gasteiger partial charge in [-0.25, -0.2) is 8.42 Å². The molecule has 4 aromatic rings. The van der Waals surface area contributed by atoms with Crippen molar-refractivity contribution < 1.29 is 17.9 Å². The highest BCUT2D eigenvalue weighted by atomic mass is 32.2. The molecule has 0 atom stereocenters. The number of hydrogen-bond acceptors (Lipinski definition) is 4. The molecule has 0 bridgehead atoms. The van der Waals surface area contributed by atoms with Crippen LogP contribution in [0.3, 0.4) is 0 Å². The molecule has 0 spiro atoms. The molecule has 1 amide bonds. The fraction of sp³-hybridized carbons (Fsp3) is 0.0800. The second kappa shape index (κ2) is 7.69. The number of methoxy groups -OCH3 is 1. The average Bonchev–Trinajstić information content (AvgIpc) is 3.03. The van der Waals surface area contributed by atoms with Gasteiger partial charge in [0, 0.05) is 16.6 Å². The first-order valence-electron chi connectivity index (χ1n) is 10.1. The number of carbonyl (C=O) groups is 1. The van der Waals surface area contributed by atoms with Gasteiger partial charge in [-0.05, 0) is 59.5 Å². The first kappa shape index (κ1) is 20.1. The maximum atomic E-state index is 13.1. The summed E-state index contributed by atoms with van der Waals surface area (Å²) in [6.45, 7) is 0.191. The molecule has 160 valence electrons. The van der Waals surface area contributed by atoms with Gasteiger partial charge in [-0.15, -0.1) is 0 Å². The molecule has 0 aromatic heterocycles. The minimum Gasteiger partial charge on any atom is -0.497 e. The Morgan fingerprint density at radius 3 is 2.28 bits per heavy atom. The molecule has 0 fully saturated rings. The molecule has 4 aromatic carbocycles. The van der Waals surface area contributed by atoms with Crippen molar-refractivity contribution in [2.45, 2.75) is 11.4 Å². The zero-order valence-electron chi connectivity index (χ0n) is 17.3. The van der Waals surface area contributed by atoms with Crippen molar-refractivity contribution in [2.24, 2.45) is 0 Å². The molecule has 32 heavy (non-hydrogen) atoms. The summed E-state index contributed by atoms with van der Waals surface area (Å²) in [6, 6.07) is 25.0. The number of nitrogens with zero attached hydrogens (tertiary/aromatic N) is 1. The molecule has 7 heteroatoms. The zero-order valence-corrected chi connectivity index (χ0v) is 18.1. The van der Waals surface area contributed by atoms with Gasteiger partial charge in [0.2, 0.25) is 0 Å². The highest BCUT2D eigenvalue weighted by molar-refractivity contribution is 7.93. The molecular formula is C25H20N2O4S. The first-order chi connectivity index (χ1) is 15.5. The summed E-state index contributed by atoms with van der Waals surface area (Å²) in [4.78, 5) is 12.9. The van der Waals surface area contributed by atoms with Crippen LogP contribution < -0.4 is 14.4 Å². The van der Waals surface area contributed by atoms with Gasteiger partial charge in [0.1, 0.15) is 5.75 Å². The quantitative estimate of drug-likeness (QED) is 0.479. The Balaban J connectivity index is 1.36. The van der Waals surface area contributed by atoms with Gasteiger partial charge in [-0.2, -0.15) is 0 Å². The molecule has 0 saturated carbocycles. The minimum absolute atomic E-state index is 0.191. The summed E-state index contributed by atoms with van der Waals surface area (Å²) in [5.74, 6) is 0.467. The lowest BCUT2D eigenvalue weighted by Crippen LogP contribution is -2.26. The Morgan fingerprint density at radius 1 is 0.906 bits per heavy atom. The number of anilines is 2. The normalized spacial score (nSPS) is 13.8. The molecular weight excluding hydrogens is 424 g/mol. The number of ether oxygens (including phenoxy) is 1. The molecule has 0 saturated heterocycles. The van der Waals surface area contributed by atoms with Crippen molar-refractivity contribution in [3.8, 4) is 5.75 Å². The molecule has 6 nitrogen and oxygen atoms in total. The van der Waals surface area contributed by atoms with E-state index in [0.717, 1.165) is 16.3 Å². The summed E-state index contributed by atoms with van der Waals surface area (Å²) in [5, 5.41) is 4.49. The van der Waals surface area contributed by atoms with Crippen molar-refractivity contribution >= 4 is 38.1 Å². The fourth-order valence-corrected chi connectivity index (χ4v) is 5.63. The van der Waals surface area contributed by atoms with E-state index < -0.39 is 10.0 Å². The minimum atomic E-state index is -3.63. The number of carbonyl (C=O) groups excluding carboxylic acids is 1. The Morgan fingerprint density at radius 2 is 1.59 bits per heavy atom. The van der Waals surface area contributed by atoms with Gasteiger partial charge in [0.25, 0.3) is 15.9 Å². The maximum Gasteiger partial charge on any atom is 0.265 e. The SMILES string of the molecule is COc1ccc(NC(=O)c2ccc(CN3c4cccc5cccc(c45)S3(=O)=O)cc2)cc1. The van der Waals surface area contributed by atoms with Crippen molar-refractivity contribution in [3.63, 3.8) is 0 Å². The Labute approximate surface area is 186 Å². The summed E-state index contributed by atoms with van der Waals surface area (Å²) in [7, 11) is -2.04. The number of rotatable bonds is 5. The predicted octanol–water partition coefficient (Wildman–Crippen LogP) is 4.81. The average molecular weight is 445 g/mol. The van der Waals surface area contributed by atoms with E-state index in [-0.39, 0.29) is 12.5 Å². The van der Waals surface area contributed by atoms with Gasteiger partial charge in [0.05, 0.1) is 24.2 Å². The lowest BCUT2D eigenvalue weighted by molar-refractivity contribution is 0.102. The van der Waals surface area contributed by atoms with E-state index in [0.29, 0.717) is 27.6 Å². The molecule has 1 aliphatic rings. The Kier molecular flexibility index (Phi) is 4.83. The Hall–Kier alpha value is -3.84. The monoisotopic (exact) mass is 444 g/mol. The lowest BCUT2D eigenvalue weighted by Gasteiger charge is -2.19. The van der Waals surface area contributed by atoms with Crippen LogP contribution in [0.25, 0.3) is 10.8 Å². The smallest absolute Gasteiger partial charge is 0.265 e. The van der Waals surface area contributed by atoms with E-state index in [4.69, 9.17) is 4.74 Å². The van der Waals surface area contributed by atoms with Gasteiger partial charge in [-0.3, -0.25) is 9.10 Å². The number of benzene rings is 4. The van der Waals surface area contributed by atoms with Crippen LogP contribution in [-0.4, -0.2) is 21.4 Å². The molecule has 0 radical (unpaired) electrons. The zero-order chi connectivity index (χ0) is 22.3. The number of sulfonamides is 1. The maximum absolute atomic E-state index is 13.1. The number of hydrogen-bond donors (Lipinski definition) is 1. The standard InChI is InChI=1S/C25H20N2O4S/c1-31-21-14-12-20(13-15-21)26-25(28)19-10-8-17(9-11-19)16-27-22-6-2-4-18-5-3-7-23(24(18)22)32(27,29)30/h2-15H,16H2,1H3,(H,26,28). The Bertz CT molecular complexity index is 1420. The molecule has 1 aliphatic heterocycles. The second-order valence-electron chi connectivity index (χ2n) is 7.52. The predicted molar refractivity (Wildman–Crippen MR) is 125 cm³/mol. The third-order valence-corrected chi connectivity index (χ3v) is 7.37. The van der Waals surface area contributed by atoms with E-state index in [9.17, 15) is 13.2 Å². The second-order valence-corrected chi connectivity index (χ2v) is 9.35. The fourth-order valence-electron chi connectivity index (χ4n) is 3.93. The number of amides is 1. The summed E-state index contributed by atoms with van der Waals surface area (Å²) in [6.07, 6.45) is 0. The van der Waals surface area contributed by atoms with Crippen molar-refractivity contribution in [2.75, 3.05) is 16.7 Å². The highest BCUT2D eigenvalue weighted by Crippen LogP contribution is 2.42. The van der Waals surface area contributed by atoms with Crippen LogP contribution in [0.4, 0.5) is 11.4 Å². The number of nitrogens with one attached hydrogen (secondary N) is 1. The van der Waals surface area contributed by atoms with Gasteiger partial charge >= 0.3 is 0 Å². The van der Waals surface area contributed by atoms with Crippen LogP contribution in [0, 0.1) is 0 Å². The lowest BCUT2D eigenvalue weighted by atomic mass is 10.1. The van der Waals surface area contributed by atoms with Crippen LogP contribution in [-0.2, 0) is 16.6 Å². The largest absolute Gasteiger partial charge is 0.497 e. The summed E-state index contributed by atoms with van der Waals surface area (Å²) < 4.78 is 32.8. The highest BCUT2D eigenvalue weighted by Gasteiger charge is 2.35.